The summed E-state index contributed by atoms with van der Waals surface area (Å²) in [5, 5.41) is 13.2. The molecule has 0 N–H and O–H groups in total. The highest BCUT2D eigenvalue weighted by Crippen LogP contribution is 2.32. The van der Waals surface area contributed by atoms with Crippen molar-refractivity contribution in [2.75, 3.05) is 6.54 Å². The molecular weight excluding hydrogens is 378 g/mol. The fourth-order valence-electron chi connectivity index (χ4n) is 4.60. The zero-order valence-electron chi connectivity index (χ0n) is 17.5. The number of rotatable bonds is 4. The lowest BCUT2D eigenvalue weighted by molar-refractivity contribution is -0.132. The lowest BCUT2D eigenvalue weighted by atomic mass is 10.1. The Hall–Kier alpha value is -3.29. The zero-order chi connectivity index (χ0) is 20.8. The van der Waals surface area contributed by atoms with Crippen LogP contribution < -0.4 is 0 Å². The number of pyridine rings is 1. The lowest BCUT2D eigenvalue weighted by Crippen LogP contribution is -2.31. The molecule has 8 heteroatoms. The van der Waals surface area contributed by atoms with Crippen LogP contribution in [0.15, 0.2) is 30.5 Å². The van der Waals surface area contributed by atoms with Gasteiger partial charge in [-0.05, 0) is 57.7 Å². The Balaban J connectivity index is 1.37. The number of likely N-dealkylation sites (tertiary alicyclic amines) is 1. The summed E-state index contributed by atoms with van der Waals surface area (Å²) in [6, 6.07) is 7.80. The van der Waals surface area contributed by atoms with Gasteiger partial charge in [-0.25, -0.2) is 9.50 Å². The minimum Gasteiger partial charge on any atom is -0.332 e. The quantitative estimate of drug-likeness (QED) is 0.523. The molecule has 0 aromatic carbocycles. The second-order valence-electron chi connectivity index (χ2n) is 8.05. The average molecular weight is 403 g/mol. The van der Waals surface area contributed by atoms with Crippen molar-refractivity contribution in [3.05, 3.63) is 58.9 Å². The van der Waals surface area contributed by atoms with Crippen LogP contribution in [-0.2, 0) is 11.2 Å². The predicted octanol–water partition coefficient (Wildman–Crippen LogP) is 2.99. The Labute approximate surface area is 174 Å². The van der Waals surface area contributed by atoms with Gasteiger partial charge in [-0.3, -0.25) is 9.20 Å². The lowest BCUT2D eigenvalue weighted by Gasteiger charge is -2.24. The normalized spacial score (nSPS) is 16.8. The van der Waals surface area contributed by atoms with Crippen LogP contribution in [0.5, 0.6) is 0 Å². The number of aromatic nitrogens is 6. The minimum absolute atomic E-state index is 0.0218. The van der Waals surface area contributed by atoms with Gasteiger partial charge in [0.05, 0.1) is 11.7 Å². The molecule has 30 heavy (non-hydrogen) atoms. The molecule has 154 valence electrons. The Kier molecular flexibility index (Phi) is 4.49. The third-order valence-corrected chi connectivity index (χ3v) is 6.09. The highest BCUT2D eigenvalue weighted by atomic mass is 16.2. The van der Waals surface area contributed by atoms with E-state index in [1.54, 1.807) is 0 Å². The zero-order valence-corrected chi connectivity index (χ0v) is 17.5. The first-order valence-electron chi connectivity index (χ1n) is 10.4. The summed E-state index contributed by atoms with van der Waals surface area (Å²) in [6.07, 6.45) is 4.96. The van der Waals surface area contributed by atoms with Gasteiger partial charge in [0.15, 0.2) is 17.1 Å². The van der Waals surface area contributed by atoms with Crippen LogP contribution in [-0.4, -0.2) is 46.5 Å². The van der Waals surface area contributed by atoms with Gasteiger partial charge in [0.25, 0.3) is 0 Å². The molecule has 1 fully saturated rings. The van der Waals surface area contributed by atoms with Crippen molar-refractivity contribution in [2.24, 2.45) is 0 Å². The van der Waals surface area contributed by atoms with Crippen molar-refractivity contribution >= 4 is 17.2 Å². The van der Waals surface area contributed by atoms with E-state index in [4.69, 9.17) is 0 Å². The Morgan fingerprint density at radius 1 is 1.17 bits per heavy atom. The van der Waals surface area contributed by atoms with Gasteiger partial charge in [0.2, 0.25) is 5.91 Å². The van der Waals surface area contributed by atoms with E-state index >= 15 is 0 Å². The molecule has 4 aromatic heterocycles. The first-order chi connectivity index (χ1) is 14.5. The third-order valence-electron chi connectivity index (χ3n) is 6.09. The maximum atomic E-state index is 13.2. The summed E-state index contributed by atoms with van der Waals surface area (Å²) >= 11 is 0. The van der Waals surface area contributed by atoms with Crippen LogP contribution in [0, 0.1) is 20.8 Å². The smallest absolute Gasteiger partial charge is 0.223 e. The van der Waals surface area contributed by atoms with E-state index in [0.717, 1.165) is 59.2 Å². The molecular formula is C22H25N7O. The maximum absolute atomic E-state index is 13.2. The molecule has 4 aromatic rings. The van der Waals surface area contributed by atoms with Gasteiger partial charge >= 0.3 is 0 Å². The van der Waals surface area contributed by atoms with E-state index in [2.05, 4.69) is 27.2 Å². The number of fused-ring (bicyclic) bond motifs is 2. The highest BCUT2D eigenvalue weighted by Gasteiger charge is 2.33. The van der Waals surface area contributed by atoms with Gasteiger partial charge in [0, 0.05) is 36.6 Å². The molecule has 0 radical (unpaired) electrons. The number of carbonyl (C=O) groups excluding carboxylic acids is 1. The topological polar surface area (TPSA) is 80.7 Å². The van der Waals surface area contributed by atoms with Crippen LogP contribution in [0.4, 0.5) is 0 Å². The second kappa shape index (κ2) is 7.19. The molecule has 1 unspecified atom stereocenters. The van der Waals surface area contributed by atoms with Crippen LogP contribution >= 0.6 is 0 Å². The molecule has 1 atom stereocenters. The van der Waals surface area contributed by atoms with Crippen LogP contribution in [0.3, 0.4) is 0 Å². The molecule has 0 aliphatic carbocycles. The first-order valence-corrected chi connectivity index (χ1v) is 10.4. The number of carbonyl (C=O) groups is 1. The van der Waals surface area contributed by atoms with Gasteiger partial charge < -0.3 is 4.90 Å². The minimum atomic E-state index is -0.0218. The molecule has 0 saturated carbocycles. The second-order valence-corrected chi connectivity index (χ2v) is 8.05. The van der Waals surface area contributed by atoms with Crippen LogP contribution in [0.1, 0.15) is 53.8 Å². The largest absolute Gasteiger partial charge is 0.332 e. The average Bonchev–Trinajstić information content (AvgIpc) is 3.44. The third kappa shape index (κ3) is 3.03. The van der Waals surface area contributed by atoms with Gasteiger partial charge in [0.1, 0.15) is 0 Å². The fourth-order valence-corrected chi connectivity index (χ4v) is 4.60. The highest BCUT2D eigenvalue weighted by molar-refractivity contribution is 5.77. The van der Waals surface area contributed by atoms with E-state index in [0.29, 0.717) is 12.8 Å². The summed E-state index contributed by atoms with van der Waals surface area (Å²) in [6.45, 7) is 6.79. The maximum Gasteiger partial charge on any atom is 0.223 e. The first kappa shape index (κ1) is 18.7. The van der Waals surface area contributed by atoms with Crippen molar-refractivity contribution in [3.8, 4) is 0 Å². The van der Waals surface area contributed by atoms with Crippen LogP contribution in [0.2, 0.25) is 0 Å². The number of amides is 1. The number of nitrogens with zero attached hydrogens (tertiary/aromatic N) is 7. The van der Waals surface area contributed by atoms with Crippen molar-refractivity contribution in [2.45, 2.75) is 52.5 Å². The van der Waals surface area contributed by atoms with E-state index in [1.165, 1.54) is 0 Å². The van der Waals surface area contributed by atoms with Crippen molar-refractivity contribution in [1.29, 1.82) is 0 Å². The Morgan fingerprint density at radius 2 is 2.03 bits per heavy atom. The molecule has 1 aliphatic heterocycles. The number of hydrogen-bond acceptors (Lipinski definition) is 5. The molecule has 5 rings (SSSR count). The summed E-state index contributed by atoms with van der Waals surface area (Å²) in [5.74, 6) is 1.000. The van der Waals surface area contributed by atoms with Crippen LogP contribution in [0.25, 0.3) is 11.3 Å². The molecule has 0 spiro atoms. The van der Waals surface area contributed by atoms with Gasteiger partial charge in [-0.15, -0.1) is 10.2 Å². The van der Waals surface area contributed by atoms with Crippen molar-refractivity contribution in [3.63, 3.8) is 0 Å². The molecule has 1 aliphatic rings. The monoisotopic (exact) mass is 403 g/mol. The SMILES string of the molecule is Cc1cc2nc(C)c(CCC(=O)N3CCCC3c3nnc4ccccn34)c(C)n2n1. The van der Waals surface area contributed by atoms with Gasteiger partial charge in [-0.2, -0.15) is 5.10 Å². The molecule has 8 nitrogen and oxygen atoms in total. The summed E-state index contributed by atoms with van der Waals surface area (Å²) in [4.78, 5) is 19.8. The predicted molar refractivity (Wildman–Crippen MR) is 112 cm³/mol. The summed E-state index contributed by atoms with van der Waals surface area (Å²) in [5.41, 5.74) is 5.73. The van der Waals surface area contributed by atoms with E-state index in [1.807, 2.05) is 58.1 Å². The summed E-state index contributed by atoms with van der Waals surface area (Å²) in [7, 11) is 0. The van der Waals surface area contributed by atoms with Crippen molar-refractivity contribution < 1.29 is 4.79 Å². The number of hydrogen-bond donors (Lipinski definition) is 0. The van der Waals surface area contributed by atoms with Crippen molar-refractivity contribution in [1.82, 2.24) is 34.1 Å². The Morgan fingerprint density at radius 3 is 2.90 bits per heavy atom. The molecule has 1 saturated heterocycles. The Bertz CT molecular complexity index is 1260. The summed E-state index contributed by atoms with van der Waals surface area (Å²) < 4.78 is 3.87. The standard InChI is InChI=1S/C22H25N7O/c1-14-13-20-23-15(2)17(16(3)29(20)26-14)9-10-21(30)27-12-6-7-18(27)22-25-24-19-8-4-5-11-28(19)22/h4-5,8,11,13,18H,6-7,9-10,12H2,1-3H3. The number of aryl methyl sites for hydroxylation is 3. The molecule has 0 bridgehead atoms. The van der Waals surface area contributed by atoms with E-state index in [9.17, 15) is 4.79 Å². The fraction of sp³-hybridized carbons (Fsp3) is 0.409. The van der Waals surface area contributed by atoms with E-state index in [-0.39, 0.29) is 11.9 Å². The molecule has 5 heterocycles. The van der Waals surface area contributed by atoms with Gasteiger partial charge in [-0.1, -0.05) is 6.07 Å². The van der Waals surface area contributed by atoms with E-state index < -0.39 is 0 Å². The molecule has 1 amide bonds.